The third-order valence-corrected chi connectivity index (χ3v) is 3.48. The van der Waals surface area contributed by atoms with Crippen LogP contribution in [0.4, 0.5) is 11.5 Å². The molecule has 2 rings (SSSR count). The van der Waals surface area contributed by atoms with E-state index in [2.05, 4.69) is 38.1 Å². The predicted molar refractivity (Wildman–Crippen MR) is 75.1 cm³/mol. The van der Waals surface area contributed by atoms with Crippen molar-refractivity contribution < 1.29 is 0 Å². The number of hydrogen-bond acceptors (Lipinski definition) is 4. The molecule has 0 aromatic carbocycles. The molecule has 1 aliphatic rings. The van der Waals surface area contributed by atoms with Gasteiger partial charge in [0.25, 0.3) is 0 Å². The molecule has 1 aliphatic carbocycles. The van der Waals surface area contributed by atoms with Gasteiger partial charge in [-0.2, -0.15) is 0 Å². The zero-order valence-electron chi connectivity index (χ0n) is 10.1. The zero-order chi connectivity index (χ0) is 12.3. The molecule has 3 N–H and O–H groups in total. The summed E-state index contributed by atoms with van der Waals surface area (Å²) in [7, 11) is 0. The van der Waals surface area contributed by atoms with E-state index in [1.807, 2.05) is 6.07 Å². The molecule has 1 heterocycles. The van der Waals surface area contributed by atoms with Crippen molar-refractivity contribution in [2.24, 2.45) is 0 Å². The van der Waals surface area contributed by atoms with Gasteiger partial charge in [-0.1, -0.05) is 6.92 Å². The standard InChI is InChI=1S/C12H19BrN4/c1-2-17(10-3-4-10)6-5-15-12-11(14)7-9(13)8-16-12/h7-8,10H,2-6,14H2,1H3,(H,15,16). The van der Waals surface area contributed by atoms with Crippen molar-refractivity contribution in [3.63, 3.8) is 0 Å². The fraction of sp³-hybridized carbons (Fsp3) is 0.583. The molecule has 0 bridgehead atoms. The van der Waals surface area contributed by atoms with Crippen molar-refractivity contribution >= 4 is 27.4 Å². The van der Waals surface area contributed by atoms with E-state index < -0.39 is 0 Å². The molecule has 94 valence electrons. The van der Waals surface area contributed by atoms with Gasteiger partial charge in [-0.25, -0.2) is 4.98 Å². The summed E-state index contributed by atoms with van der Waals surface area (Å²) in [5.41, 5.74) is 6.56. The largest absolute Gasteiger partial charge is 0.396 e. The lowest BCUT2D eigenvalue weighted by Crippen LogP contribution is -2.31. The van der Waals surface area contributed by atoms with Crippen molar-refractivity contribution in [2.75, 3.05) is 30.7 Å². The average molecular weight is 299 g/mol. The number of anilines is 2. The zero-order valence-corrected chi connectivity index (χ0v) is 11.7. The maximum absolute atomic E-state index is 5.87. The van der Waals surface area contributed by atoms with Crippen LogP contribution in [0, 0.1) is 0 Å². The molecular weight excluding hydrogens is 280 g/mol. The topological polar surface area (TPSA) is 54.2 Å². The smallest absolute Gasteiger partial charge is 0.149 e. The monoisotopic (exact) mass is 298 g/mol. The highest BCUT2D eigenvalue weighted by molar-refractivity contribution is 9.10. The molecule has 4 nitrogen and oxygen atoms in total. The van der Waals surface area contributed by atoms with Crippen molar-refractivity contribution in [3.8, 4) is 0 Å². The minimum absolute atomic E-state index is 0.689. The first-order chi connectivity index (χ1) is 8.20. The number of nitrogens with zero attached hydrogens (tertiary/aromatic N) is 2. The van der Waals surface area contributed by atoms with Gasteiger partial charge >= 0.3 is 0 Å². The molecule has 1 saturated carbocycles. The molecule has 1 aromatic heterocycles. The number of rotatable bonds is 6. The van der Waals surface area contributed by atoms with Gasteiger partial charge in [-0.3, -0.25) is 4.90 Å². The van der Waals surface area contributed by atoms with Crippen LogP contribution < -0.4 is 11.1 Å². The number of nitrogens with two attached hydrogens (primary N) is 1. The molecule has 0 radical (unpaired) electrons. The summed E-state index contributed by atoms with van der Waals surface area (Å²) in [6.45, 7) is 5.28. The molecule has 17 heavy (non-hydrogen) atoms. The van der Waals surface area contributed by atoms with Crippen molar-refractivity contribution in [2.45, 2.75) is 25.8 Å². The van der Waals surface area contributed by atoms with Crippen molar-refractivity contribution in [3.05, 3.63) is 16.7 Å². The van der Waals surface area contributed by atoms with Gasteiger partial charge in [-0.05, 0) is 41.4 Å². The van der Waals surface area contributed by atoms with Crippen LogP contribution in [0.15, 0.2) is 16.7 Å². The predicted octanol–water partition coefficient (Wildman–Crippen LogP) is 2.32. The van der Waals surface area contributed by atoms with Crippen LogP contribution in [0.3, 0.4) is 0 Å². The number of aromatic nitrogens is 1. The average Bonchev–Trinajstić information content (AvgIpc) is 3.11. The summed E-state index contributed by atoms with van der Waals surface area (Å²) in [6.07, 6.45) is 4.47. The summed E-state index contributed by atoms with van der Waals surface area (Å²) in [5.74, 6) is 0.778. The van der Waals surface area contributed by atoms with E-state index in [9.17, 15) is 0 Å². The van der Waals surface area contributed by atoms with E-state index in [4.69, 9.17) is 5.73 Å². The first kappa shape index (κ1) is 12.6. The highest BCUT2D eigenvalue weighted by Crippen LogP contribution is 2.26. The van der Waals surface area contributed by atoms with E-state index in [0.717, 1.165) is 36.0 Å². The highest BCUT2D eigenvalue weighted by atomic mass is 79.9. The van der Waals surface area contributed by atoms with Crippen LogP contribution >= 0.6 is 15.9 Å². The summed E-state index contributed by atoms with van der Waals surface area (Å²) in [5, 5.41) is 3.29. The fourth-order valence-corrected chi connectivity index (χ4v) is 2.31. The molecule has 0 atom stereocenters. The summed E-state index contributed by atoms with van der Waals surface area (Å²) in [4.78, 5) is 6.76. The Kier molecular flexibility index (Phi) is 4.23. The summed E-state index contributed by atoms with van der Waals surface area (Å²) >= 11 is 3.35. The van der Waals surface area contributed by atoms with Crippen molar-refractivity contribution in [1.82, 2.24) is 9.88 Å². The Bertz CT molecular complexity index is 379. The Hall–Kier alpha value is -0.810. The van der Waals surface area contributed by atoms with E-state index in [-0.39, 0.29) is 0 Å². The minimum Gasteiger partial charge on any atom is -0.396 e. The van der Waals surface area contributed by atoms with Gasteiger partial charge in [0.15, 0.2) is 0 Å². The molecule has 5 heteroatoms. The molecule has 0 unspecified atom stereocenters. The van der Waals surface area contributed by atoms with Gasteiger partial charge in [0.05, 0.1) is 5.69 Å². The Morgan fingerprint density at radius 3 is 2.94 bits per heavy atom. The fourth-order valence-electron chi connectivity index (χ4n) is 1.96. The SMILES string of the molecule is CCN(CCNc1ncc(Br)cc1N)C1CC1. The Morgan fingerprint density at radius 2 is 2.35 bits per heavy atom. The van der Waals surface area contributed by atoms with E-state index >= 15 is 0 Å². The Morgan fingerprint density at radius 1 is 1.59 bits per heavy atom. The third-order valence-electron chi connectivity index (χ3n) is 3.04. The highest BCUT2D eigenvalue weighted by Gasteiger charge is 2.27. The van der Waals surface area contributed by atoms with Crippen LogP contribution in [0.2, 0.25) is 0 Å². The second kappa shape index (κ2) is 5.69. The normalized spacial score (nSPS) is 15.2. The second-order valence-electron chi connectivity index (χ2n) is 4.38. The van der Waals surface area contributed by atoms with E-state index in [1.54, 1.807) is 6.20 Å². The lowest BCUT2D eigenvalue weighted by molar-refractivity contribution is 0.289. The van der Waals surface area contributed by atoms with E-state index in [0.29, 0.717) is 5.69 Å². The molecular formula is C12H19BrN4. The number of halogens is 1. The number of hydrogen-bond donors (Lipinski definition) is 2. The quantitative estimate of drug-likeness (QED) is 0.846. The van der Waals surface area contributed by atoms with Gasteiger partial charge in [-0.15, -0.1) is 0 Å². The van der Waals surface area contributed by atoms with Gasteiger partial charge in [0.2, 0.25) is 0 Å². The third kappa shape index (κ3) is 3.57. The second-order valence-corrected chi connectivity index (χ2v) is 5.29. The molecule has 1 fully saturated rings. The number of nitrogens with one attached hydrogen (secondary N) is 1. The molecule has 0 aliphatic heterocycles. The van der Waals surface area contributed by atoms with Crippen LogP contribution in [-0.2, 0) is 0 Å². The maximum Gasteiger partial charge on any atom is 0.149 e. The Balaban J connectivity index is 1.80. The van der Waals surface area contributed by atoms with Crippen LogP contribution in [0.25, 0.3) is 0 Å². The maximum atomic E-state index is 5.87. The molecule has 1 aromatic rings. The number of pyridine rings is 1. The van der Waals surface area contributed by atoms with Crippen LogP contribution in [0.1, 0.15) is 19.8 Å². The first-order valence-electron chi connectivity index (χ1n) is 6.09. The van der Waals surface area contributed by atoms with Crippen molar-refractivity contribution in [1.29, 1.82) is 0 Å². The van der Waals surface area contributed by atoms with Crippen LogP contribution in [-0.4, -0.2) is 35.6 Å². The minimum atomic E-state index is 0.689. The molecule has 0 amide bonds. The van der Waals surface area contributed by atoms with Crippen LogP contribution in [0.5, 0.6) is 0 Å². The lowest BCUT2D eigenvalue weighted by Gasteiger charge is -2.20. The van der Waals surface area contributed by atoms with Gasteiger partial charge < -0.3 is 11.1 Å². The molecule has 0 spiro atoms. The summed E-state index contributed by atoms with van der Waals surface area (Å²) in [6, 6.07) is 2.69. The first-order valence-corrected chi connectivity index (χ1v) is 6.89. The molecule has 0 saturated heterocycles. The van der Waals surface area contributed by atoms with Gasteiger partial charge in [0.1, 0.15) is 5.82 Å². The van der Waals surface area contributed by atoms with Gasteiger partial charge in [0, 0.05) is 29.8 Å². The summed E-state index contributed by atoms with van der Waals surface area (Å²) < 4.78 is 0.911. The lowest BCUT2D eigenvalue weighted by atomic mass is 10.4. The number of nitrogen functional groups attached to an aromatic ring is 1. The number of likely N-dealkylation sites (N-methyl/N-ethyl adjacent to an activating group) is 1. The van der Waals surface area contributed by atoms with E-state index in [1.165, 1.54) is 12.8 Å². The Labute approximate surface area is 111 Å².